The molecule has 13 heteroatoms. The minimum absolute atomic E-state index is 0.0132. The number of alkyl halides is 6. The molecule has 0 spiro atoms. The van der Waals surface area contributed by atoms with Gasteiger partial charge in [-0.15, -0.1) is 0 Å². The molecule has 0 bridgehead atoms. The molecule has 0 saturated heterocycles. The number of anilines is 1. The fourth-order valence-electron chi connectivity index (χ4n) is 2.72. The van der Waals surface area contributed by atoms with E-state index in [1.807, 2.05) is 0 Å². The number of ether oxygens (including phenoxy) is 2. The molecule has 32 heavy (non-hydrogen) atoms. The highest BCUT2D eigenvalue weighted by Gasteiger charge is 2.22. The van der Waals surface area contributed by atoms with Gasteiger partial charge in [0.1, 0.15) is 17.1 Å². The largest absolute Gasteiger partial charge is 0.493 e. The summed E-state index contributed by atoms with van der Waals surface area (Å²) in [5.41, 5.74) is -1.36. The zero-order valence-electron chi connectivity index (χ0n) is 16.2. The Kier molecular flexibility index (Phi) is 6.95. The highest BCUT2D eigenvalue weighted by Crippen LogP contribution is 2.32. The number of methoxy groups -OCH3 is 1. The summed E-state index contributed by atoms with van der Waals surface area (Å²) >= 11 is 0. The van der Waals surface area contributed by atoms with Crippen LogP contribution in [0.4, 0.5) is 32.0 Å². The molecular weight excluding hydrogens is 448 g/mol. The second-order valence-corrected chi connectivity index (χ2v) is 6.22. The van der Waals surface area contributed by atoms with E-state index in [1.54, 1.807) is 0 Å². The van der Waals surface area contributed by atoms with E-state index in [9.17, 15) is 31.1 Å². The molecule has 3 rings (SSSR count). The average Bonchev–Trinajstić information content (AvgIpc) is 3.36. The van der Waals surface area contributed by atoms with Crippen LogP contribution in [0.5, 0.6) is 11.5 Å². The summed E-state index contributed by atoms with van der Waals surface area (Å²) in [6.45, 7) is -3.48. The van der Waals surface area contributed by atoms with E-state index >= 15 is 0 Å². The number of rotatable bonds is 9. The van der Waals surface area contributed by atoms with Crippen LogP contribution in [0.2, 0.25) is 0 Å². The van der Waals surface area contributed by atoms with Crippen molar-refractivity contribution >= 4 is 11.6 Å². The Morgan fingerprint density at radius 3 is 2.44 bits per heavy atom. The van der Waals surface area contributed by atoms with Crippen LogP contribution in [0.25, 0.3) is 0 Å². The van der Waals surface area contributed by atoms with Crippen LogP contribution in [0.1, 0.15) is 40.6 Å². The molecule has 0 saturated carbocycles. The molecule has 2 heterocycles. The third kappa shape index (κ3) is 5.34. The smallest absolute Gasteiger partial charge is 0.387 e. The monoisotopic (exact) mass is 463 g/mol. The van der Waals surface area contributed by atoms with Gasteiger partial charge in [0.05, 0.1) is 13.7 Å². The summed E-state index contributed by atoms with van der Waals surface area (Å²) in [7, 11) is 1.22. The first-order valence-electron chi connectivity index (χ1n) is 8.84. The standard InChI is InChI=1S/C19H15F6N3O4/c1-30-15-6-9(2-4-13(15)32-19(24)25)26-18(29)14-5-3-10(31-14)8-28-12(17(22)23)7-11(27-28)16(20)21/h2-7,16-17,19H,8H2,1H3,(H,26,29). The van der Waals surface area contributed by atoms with Gasteiger partial charge in [0.15, 0.2) is 17.3 Å². The molecule has 1 amide bonds. The number of hydrogen-bond acceptors (Lipinski definition) is 5. The lowest BCUT2D eigenvalue weighted by Gasteiger charge is -2.11. The van der Waals surface area contributed by atoms with Crippen molar-refractivity contribution in [3.05, 3.63) is 59.3 Å². The molecule has 0 aliphatic heterocycles. The number of carbonyl (C=O) groups excluding carboxylic acids is 1. The normalized spacial score (nSPS) is 11.4. The Balaban J connectivity index is 1.73. The predicted molar refractivity (Wildman–Crippen MR) is 97.5 cm³/mol. The summed E-state index contributed by atoms with van der Waals surface area (Å²) in [5, 5.41) is 5.88. The maximum Gasteiger partial charge on any atom is 0.387 e. The van der Waals surface area contributed by atoms with Gasteiger partial charge in [-0.05, 0) is 30.3 Å². The van der Waals surface area contributed by atoms with Crippen LogP contribution >= 0.6 is 0 Å². The van der Waals surface area contributed by atoms with Gasteiger partial charge in [0.2, 0.25) is 0 Å². The highest BCUT2D eigenvalue weighted by atomic mass is 19.3. The number of carbonyl (C=O) groups is 1. The van der Waals surface area contributed by atoms with E-state index in [0.29, 0.717) is 10.7 Å². The molecule has 0 radical (unpaired) electrons. The molecule has 2 aromatic heterocycles. The maximum absolute atomic E-state index is 13.1. The number of nitrogens with zero attached hydrogens (tertiary/aromatic N) is 2. The SMILES string of the molecule is COc1cc(NC(=O)c2ccc(Cn3nc(C(F)F)cc3C(F)F)o2)ccc1OC(F)F. The lowest BCUT2D eigenvalue weighted by atomic mass is 10.2. The summed E-state index contributed by atoms with van der Waals surface area (Å²) < 4.78 is 91.7. The second-order valence-electron chi connectivity index (χ2n) is 6.22. The van der Waals surface area contributed by atoms with E-state index in [2.05, 4.69) is 15.2 Å². The molecule has 1 N–H and O–H groups in total. The fraction of sp³-hybridized carbons (Fsp3) is 0.263. The first-order valence-corrected chi connectivity index (χ1v) is 8.84. The molecule has 172 valence electrons. The summed E-state index contributed by atoms with van der Waals surface area (Å²) in [4.78, 5) is 12.4. The predicted octanol–water partition coefficient (Wildman–Crippen LogP) is 5.26. The van der Waals surface area contributed by atoms with Gasteiger partial charge in [-0.2, -0.15) is 13.9 Å². The van der Waals surface area contributed by atoms with Crippen molar-refractivity contribution < 1.29 is 45.0 Å². The molecule has 0 aliphatic carbocycles. The van der Waals surface area contributed by atoms with E-state index in [1.165, 1.54) is 37.4 Å². The van der Waals surface area contributed by atoms with E-state index < -0.39 is 43.3 Å². The van der Waals surface area contributed by atoms with Crippen molar-refractivity contribution in [2.24, 2.45) is 0 Å². The van der Waals surface area contributed by atoms with Crippen molar-refractivity contribution in [2.75, 3.05) is 12.4 Å². The van der Waals surface area contributed by atoms with Gasteiger partial charge < -0.3 is 19.2 Å². The molecule has 0 aliphatic rings. The minimum atomic E-state index is -3.07. The fourth-order valence-corrected chi connectivity index (χ4v) is 2.72. The Hall–Kier alpha value is -3.64. The number of benzene rings is 1. The van der Waals surface area contributed by atoms with E-state index in [0.717, 1.165) is 0 Å². The van der Waals surface area contributed by atoms with Crippen LogP contribution in [0.15, 0.2) is 40.8 Å². The van der Waals surface area contributed by atoms with Gasteiger partial charge in [-0.3, -0.25) is 9.48 Å². The third-order valence-corrected chi connectivity index (χ3v) is 4.11. The van der Waals surface area contributed by atoms with Crippen LogP contribution in [0, 0.1) is 0 Å². The van der Waals surface area contributed by atoms with Crippen molar-refractivity contribution in [3.8, 4) is 11.5 Å². The van der Waals surface area contributed by atoms with Crippen molar-refractivity contribution in [1.29, 1.82) is 0 Å². The average molecular weight is 463 g/mol. The van der Waals surface area contributed by atoms with Gasteiger partial charge in [-0.1, -0.05) is 0 Å². The third-order valence-electron chi connectivity index (χ3n) is 4.11. The number of amides is 1. The van der Waals surface area contributed by atoms with Crippen LogP contribution in [-0.4, -0.2) is 29.4 Å². The Labute approximate surface area is 176 Å². The summed E-state index contributed by atoms with van der Waals surface area (Å²) in [5.74, 6) is -1.25. The molecule has 7 nitrogen and oxygen atoms in total. The van der Waals surface area contributed by atoms with Crippen LogP contribution in [0.3, 0.4) is 0 Å². The molecule has 0 atom stereocenters. The van der Waals surface area contributed by atoms with Gasteiger partial charge in [0, 0.05) is 11.8 Å². The highest BCUT2D eigenvalue weighted by molar-refractivity contribution is 6.02. The zero-order chi connectivity index (χ0) is 23.4. The van der Waals surface area contributed by atoms with Crippen molar-refractivity contribution in [3.63, 3.8) is 0 Å². The summed E-state index contributed by atoms with van der Waals surface area (Å²) in [6, 6.07) is 6.83. The molecule has 3 aromatic rings. The lowest BCUT2D eigenvalue weighted by molar-refractivity contribution is -0.0512. The number of halogens is 6. The summed E-state index contributed by atoms with van der Waals surface area (Å²) in [6.07, 6.45) is -6.07. The number of hydrogen-bond donors (Lipinski definition) is 1. The Morgan fingerprint density at radius 1 is 1.06 bits per heavy atom. The topological polar surface area (TPSA) is 78.5 Å². The maximum atomic E-state index is 13.1. The molecular formula is C19H15F6N3O4. The first kappa shape index (κ1) is 23.0. The minimum Gasteiger partial charge on any atom is -0.493 e. The van der Waals surface area contributed by atoms with E-state index in [-0.39, 0.29) is 28.7 Å². The van der Waals surface area contributed by atoms with E-state index in [4.69, 9.17) is 9.15 Å². The second kappa shape index (κ2) is 9.66. The number of furan rings is 1. The van der Waals surface area contributed by atoms with Crippen LogP contribution in [-0.2, 0) is 6.54 Å². The van der Waals surface area contributed by atoms with Gasteiger partial charge >= 0.3 is 6.61 Å². The quantitative estimate of drug-likeness (QED) is 0.438. The number of aromatic nitrogens is 2. The zero-order valence-corrected chi connectivity index (χ0v) is 16.2. The number of nitrogens with one attached hydrogen (secondary N) is 1. The van der Waals surface area contributed by atoms with Gasteiger partial charge in [0.25, 0.3) is 18.8 Å². The molecule has 1 aromatic carbocycles. The lowest BCUT2D eigenvalue weighted by Crippen LogP contribution is -2.11. The Bertz CT molecular complexity index is 1080. The van der Waals surface area contributed by atoms with Crippen molar-refractivity contribution in [1.82, 2.24) is 9.78 Å². The first-order chi connectivity index (χ1) is 15.2. The van der Waals surface area contributed by atoms with Crippen LogP contribution < -0.4 is 14.8 Å². The molecule has 0 fully saturated rings. The Morgan fingerprint density at radius 2 is 1.81 bits per heavy atom. The molecule has 0 unspecified atom stereocenters. The van der Waals surface area contributed by atoms with Gasteiger partial charge in [-0.25, -0.2) is 17.6 Å². The van der Waals surface area contributed by atoms with Crippen molar-refractivity contribution in [2.45, 2.75) is 26.0 Å².